The highest BCUT2D eigenvalue weighted by molar-refractivity contribution is 5.42. The number of nitrogen functional groups attached to an aromatic ring is 1. The predicted octanol–water partition coefficient (Wildman–Crippen LogP) is 4.31. The van der Waals surface area contributed by atoms with Crippen LogP contribution in [0.1, 0.15) is 69.8 Å². The van der Waals surface area contributed by atoms with Gasteiger partial charge in [-0.2, -0.15) is 4.98 Å². The van der Waals surface area contributed by atoms with Gasteiger partial charge in [-0.25, -0.2) is 4.98 Å². The van der Waals surface area contributed by atoms with Crippen LogP contribution in [0.4, 0.5) is 11.8 Å². The summed E-state index contributed by atoms with van der Waals surface area (Å²) >= 11 is 0. The number of anilines is 2. The molecule has 0 radical (unpaired) electrons. The summed E-state index contributed by atoms with van der Waals surface area (Å²) in [6, 6.07) is 11.5. The first-order chi connectivity index (χ1) is 12.5. The van der Waals surface area contributed by atoms with Crippen molar-refractivity contribution in [3.05, 3.63) is 47.2 Å². The third-order valence-electron chi connectivity index (χ3n) is 4.48. The van der Waals surface area contributed by atoms with Crippen LogP contribution >= 0.6 is 0 Å². The maximum Gasteiger partial charge on any atom is 0.222 e. The number of hydrogen-bond acceptors (Lipinski definition) is 5. The summed E-state index contributed by atoms with van der Waals surface area (Å²) in [6.07, 6.45) is 4.13. The van der Waals surface area contributed by atoms with E-state index in [0.717, 1.165) is 43.7 Å². The molecule has 4 N–H and O–H groups in total. The molecular weight excluding hydrogens is 322 g/mol. The minimum absolute atomic E-state index is 0.322. The summed E-state index contributed by atoms with van der Waals surface area (Å²) in [4.78, 5) is 8.71. The van der Waals surface area contributed by atoms with Gasteiger partial charge in [0.15, 0.2) is 0 Å². The molecule has 0 bridgehead atoms. The van der Waals surface area contributed by atoms with Crippen molar-refractivity contribution in [2.75, 3.05) is 17.6 Å². The molecule has 142 valence electrons. The zero-order valence-corrected chi connectivity index (χ0v) is 16.5. The second-order valence-corrected chi connectivity index (χ2v) is 7.03. The molecule has 1 aromatic heterocycles. The zero-order valence-electron chi connectivity index (χ0n) is 16.5. The summed E-state index contributed by atoms with van der Waals surface area (Å²) in [6.45, 7) is 9.76. The Morgan fingerprint density at radius 1 is 1.04 bits per heavy atom. The fourth-order valence-electron chi connectivity index (χ4n) is 3.05. The second-order valence-electron chi connectivity index (χ2n) is 7.03. The van der Waals surface area contributed by atoms with Crippen LogP contribution in [0.2, 0.25) is 0 Å². The lowest BCUT2D eigenvalue weighted by Gasteiger charge is -2.15. The van der Waals surface area contributed by atoms with Crippen LogP contribution in [0.15, 0.2) is 30.3 Å². The molecule has 1 unspecified atom stereocenters. The maximum atomic E-state index is 5.90. The lowest BCUT2D eigenvalue weighted by atomic mass is 10.0. The Hall–Kier alpha value is -2.14. The molecule has 0 aliphatic rings. The molecule has 0 amide bonds. The van der Waals surface area contributed by atoms with E-state index in [4.69, 9.17) is 5.73 Å². The van der Waals surface area contributed by atoms with Crippen LogP contribution in [0.3, 0.4) is 0 Å². The van der Waals surface area contributed by atoms with E-state index in [9.17, 15) is 0 Å². The Morgan fingerprint density at radius 2 is 1.77 bits per heavy atom. The van der Waals surface area contributed by atoms with E-state index in [1.54, 1.807) is 0 Å². The van der Waals surface area contributed by atoms with Crippen LogP contribution in [-0.4, -0.2) is 22.6 Å². The monoisotopic (exact) mass is 355 g/mol. The number of nitrogens with two attached hydrogens (primary N) is 1. The molecule has 0 saturated carbocycles. The minimum atomic E-state index is 0.322. The highest BCUT2D eigenvalue weighted by atomic mass is 15.1. The molecule has 0 saturated heterocycles. The largest absolute Gasteiger partial charge is 0.368 e. The van der Waals surface area contributed by atoms with Gasteiger partial charge in [0.2, 0.25) is 5.95 Å². The fraction of sp³-hybridized carbons (Fsp3) is 0.524. The van der Waals surface area contributed by atoms with Gasteiger partial charge in [0.05, 0.1) is 5.69 Å². The van der Waals surface area contributed by atoms with E-state index in [0.29, 0.717) is 18.0 Å². The van der Waals surface area contributed by atoms with Crippen molar-refractivity contribution in [3.8, 4) is 0 Å². The van der Waals surface area contributed by atoms with Gasteiger partial charge in [-0.1, -0.05) is 44.5 Å². The highest BCUT2D eigenvalue weighted by Crippen LogP contribution is 2.17. The molecule has 0 spiro atoms. The zero-order chi connectivity index (χ0) is 18.9. The second kappa shape index (κ2) is 10.1. The number of rotatable bonds is 10. The Kier molecular flexibility index (Phi) is 7.85. The number of hydrogen-bond donors (Lipinski definition) is 3. The first kappa shape index (κ1) is 20.2. The first-order valence-electron chi connectivity index (χ1n) is 9.74. The van der Waals surface area contributed by atoms with Gasteiger partial charge < -0.3 is 16.4 Å². The van der Waals surface area contributed by atoms with E-state index in [1.807, 2.05) is 6.07 Å². The molecule has 1 aromatic carbocycles. The SMILES string of the molecule is CCCN[C@H](C)c1ccc(Cc2cc(NC(C)CCC)nc(N)n2)cc1. The summed E-state index contributed by atoms with van der Waals surface area (Å²) in [7, 11) is 0. The third kappa shape index (κ3) is 6.30. The standard InChI is InChI=1S/C21H33N5/c1-5-7-15(3)24-20-14-19(25-21(22)26-20)13-17-8-10-18(11-9-17)16(4)23-12-6-2/h8-11,14-16,23H,5-7,12-13H2,1-4H3,(H3,22,24,25,26)/t15?,16-/m1/s1. The van der Waals surface area contributed by atoms with Crippen molar-refractivity contribution in [1.29, 1.82) is 0 Å². The van der Waals surface area contributed by atoms with E-state index in [1.165, 1.54) is 11.1 Å². The van der Waals surface area contributed by atoms with E-state index in [-0.39, 0.29) is 0 Å². The quantitative estimate of drug-likeness (QED) is 0.592. The van der Waals surface area contributed by atoms with Gasteiger partial charge in [0.25, 0.3) is 0 Å². The molecule has 0 aliphatic carbocycles. The number of aromatic nitrogens is 2. The Labute approximate surface area is 157 Å². The lowest BCUT2D eigenvalue weighted by molar-refractivity contribution is 0.570. The van der Waals surface area contributed by atoms with Crippen LogP contribution in [-0.2, 0) is 6.42 Å². The highest BCUT2D eigenvalue weighted by Gasteiger charge is 2.08. The topological polar surface area (TPSA) is 75.9 Å². The normalized spacial score (nSPS) is 13.4. The molecule has 2 rings (SSSR count). The van der Waals surface area contributed by atoms with Crippen molar-refractivity contribution in [3.63, 3.8) is 0 Å². The molecule has 26 heavy (non-hydrogen) atoms. The van der Waals surface area contributed by atoms with Gasteiger partial charge in [0.1, 0.15) is 5.82 Å². The van der Waals surface area contributed by atoms with Gasteiger partial charge in [-0.3, -0.25) is 0 Å². The van der Waals surface area contributed by atoms with Crippen molar-refractivity contribution < 1.29 is 0 Å². The minimum Gasteiger partial charge on any atom is -0.368 e. The summed E-state index contributed by atoms with van der Waals surface area (Å²) in [5.41, 5.74) is 9.37. The van der Waals surface area contributed by atoms with Crippen LogP contribution in [0, 0.1) is 0 Å². The molecule has 0 aliphatic heterocycles. The first-order valence-corrected chi connectivity index (χ1v) is 9.74. The van der Waals surface area contributed by atoms with Gasteiger partial charge in [-0.15, -0.1) is 0 Å². The Balaban J connectivity index is 2.04. The third-order valence-corrected chi connectivity index (χ3v) is 4.48. The molecule has 5 nitrogen and oxygen atoms in total. The average Bonchev–Trinajstić information content (AvgIpc) is 2.60. The fourth-order valence-corrected chi connectivity index (χ4v) is 3.05. The molecule has 5 heteroatoms. The average molecular weight is 356 g/mol. The van der Waals surface area contributed by atoms with Crippen LogP contribution in [0.25, 0.3) is 0 Å². The van der Waals surface area contributed by atoms with Gasteiger partial charge in [0, 0.05) is 24.6 Å². The predicted molar refractivity (Wildman–Crippen MR) is 110 cm³/mol. The summed E-state index contributed by atoms with van der Waals surface area (Å²) in [5, 5.41) is 6.93. The summed E-state index contributed by atoms with van der Waals surface area (Å²) in [5.74, 6) is 1.13. The number of benzene rings is 1. The molecule has 1 heterocycles. The van der Waals surface area contributed by atoms with Gasteiger partial charge >= 0.3 is 0 Å². The van der Waals surface area contributed by atoms with E-state index < -0.39 is 0 Å². The van der Waals surface area contributed by atoms with Crippen LogP contribution < -0.4 is 16.4 Å². The molecule has 2 atom stereocenters. The molecule has 2 aromatic rings. The Bertz CT molecular complexity index is 669. The van der Waals surface area contributed by atoms with E-state index >= 15 is 0 Å². The molecule has 0 fully saturated rings. The molecular formula is C21H33N5. The Morgan fingerprint density at radius 3 is 2.42 bits per heavy atom. The van der Waals surface area contributed by atoms with Crippen molar-refractivity contribution >= 4 is 11.8 Å². The summed E-state index contributed by atoms with van der Waals surface area (Å²) < 4.78 is 0. The number of nitrogens with zero attached hydrogens (tertiary/aromatic N) is 2. The smallest absolute Gasteiger partial charge is 0.222 e. The van der Waals surface area contributed by atoms with Gasteiger partial charge in [-0.05, 0) is 44.4 Å². The van der Waals surface area contributed by atoms with Crippen molar-refractivity contribution in [2.24, 2.45) is 0 Å². The number of nitrogens with one attached hydrogen (secondary N) is 2. The van der Waals surface area contributed by atoms with Crippen molar-refractivity contribution in [1.82, 2.24) is 15.3 Å². The lowest BCUT2D eigenvalue weighted by Crippen LogP contribution is -2.19. The van der Waals surface area contributed by atoms with E-state index in [2.05, 4.69) is 72.6 Å². The van der Waals surface area contributed by atoms with Crippen molar-refractivity contribution in [2.45, 2.75) is 65.5 Å². The maximum absolute atomic E-state index is 5.90. The van der Waals surface area contributed by atoms with Crippen LogP contribution in [0.5, 0.6) is 0 Å².